The van der Waals surface area contributed by atoms with Crippen LogP contribution in [-0.2, 0) is 19.0 Å². The largest absolute Gasteiger partial charge is 0.444 e. The summed E-state index contributed by atoms with van der Waals surface area (Å²) in [7, 11) is -3.46. The molecule has 2 atom stereocenters. The summed E-state index contributed by atoms with van der Waals surface area (Å²) in [6, 6.07) is 0. The van der Waals surface area contributed by atoms with Crippen molar-refractivity contribution in [3.63, 3.8) is 0 Å². The molecule has 1 aliphatic rings. The van der Waals surface area contributed by atoms with Gasteiger partial charge in [0.15, 0.2) is 0 Å². The van der Waals surface area contributed by atoms with Crippen LogP contribution in [-0.4, -0.2) is 38.5 Å². The van der Waals surface area contributed by atoms with E-state index in [1.54, 1.807) is 0 Å². The first kappa shape index (κ1) is 19.2. The molecular weight excluding hydrogens is 306 g/mol. The molecule has 22 heavy (non-hydrogen) atoms. The molecule has 1 fully saturated rings. The van der Waals surface area contributed by atoms with Crippen LogP contribution in [0.15, 0.2) is 0 Å². The summed E-state index contributed by atoms with van der Waals surface area (Å²) >= 11 is 0. The number of alkyl carbamates (subject to hydrolysis) is 1. The Morgan fingerprint density at radius 2 is 1.82 bits per heavy atom. The Hall–Kier alpha value is -0.820. The molecule has 0 aromatic heterocycles. The van der Waals surface area contributed by atoms with Gasteiger partial charge in [0.25, 0.3) is 10.1 Å². The Balaban J connectivity index is 2.77. The Morgan fingerprint density at radius 1 is 1.27 bits per heavy atom. The first-order valence-corrected chi connectivity index (χ1v) is 9.33. The molecule has 1 aliphatic carbocycles. The number of hydrogen-bond acceptors (Lipinski definition) is 5. The fourth-order valence-corrected chi connectivity index (χ4v) is 3.26. The monoisotopic (exact) mass is 335 g/mol. The van der Waals surface area contributed by atoms with Crippen molar-refractivity contribution in [1.82, 2.24) is 5.32 Å². The maximum atomic E-state index is 12.1. The van der Waals surface area contributed by atoms with Crippen LogP contribution in [0.1, 0.15) is 54.4 Å². The minimum absolute atomic E-state index is 0.0437. The molecule has 7 heteroatoms. The number of carbonyl (C=O) groups excluding carboxylic acids is 1. The van der Waals surface area contributed by atoms with Gasteiger partial charge in [0.2, 0.25) is 0 Å². The van der Waals surface area contributed by atoms with E-state index < -0.39 is 27.4 Å². The molecule has 0 aromatic carbocycles. The normalized spacial score (nSPS) is 28.4. The fourth-order valence-electron chi connectivity index (χ4n) is 2.85. The predicted octanol–water partition coefficient (Wildman–Crippen LogP) is 2.68. The zero-order valence-electron chi connectivity index (χ0n) is 14.6. The lowest BCUT2D eigenvalue weighted by Gasteiger charge is -2.42. The van der Waals surface area contributed by atoms with Gasteiger partial charge in [-0.05, 0) is 51.9 Å². The van der Waals surface area contributed by atoms with E-state index in [1.807, 2.05) is 41.5 Å². The van der Waals surface area contributed by atoms with Crippen molar-refractivity contribution in [2.75, 3.05) is 12.9 Å². The lowest BCUT2D eigenvalue weighted by Crippen LogP contribution is -2.55. The van der Waals surface area contributed by atoms with Crippen LogP contribution in [0.5, 0.6) is 0 Å². The van der Waals surface area contributed by atoms with Gasteiger partial charge >= 0.3 is 6.09 Å². The second kappa shape index (κ2) is 6.00. The highest BCUT2D eigenvalue weighted by atomic mass is 32.2. The summed E-state index contributed by atoms with van der Waals surface area (Å²) in [5.41, 5.74) is -1.34. The van der Waals surface area contributed by atoms with Crippen molar-refractivity contribution < 1.29 is 22.1 Å². The second-order valence-electron chi connectivity index (χ2n) is 7.90. The van der Waals surface area contributed by atoms with Gasteiger partial charge in [-0.25, -0.2) is 4.79 Å². The second-order valence-corrected chi connectivity index (χ2v) is 9.55. The van der Waals surface area contributed by atoms with Crippen molar-refractivity contribution in [1.29, 1.82) is 0 Å². The number of rotatable bonds is 4. The topological polar surface area (TPSA) is 81.7 Å². The van der Waals surface area contributed by atoms with E-state index in [2.05, 4.69) is 5.32 Å². The molecule has 1 rings (SSSR count). The molecule has 0 heterocycles. The van der Waals surface area contributed by atoms with Crippen molar-refractivity contribution in [3.05, 3.63) is 0 Å². The van der Waals surface area contributed by atoms with Gasteiger partial charge in [-0.2, -0.15) is 8.42 Å². The van der Waals surface area contributed by atoms with E-state index in [0.717, 1.165) is 19.1 Å². The third kappa shape index (κ3) is 4.84. The number of carbonyl (C=O) groups is 1. The third-order valence-corrected chi connectivity index (χ3v) is 5.26. The number of amides is 1. The summed E-state index contributed by atoms with van der Waals surface area (Å²) in [6.45, 7) is 11.6. The maximum Gasteiger partial charge on any atom is 0.408 e. The summed E-state index contributed by atoms with van der Waals surface area (Å²) in [4.78, 5) is 12.1. The predicted molar refractivity (Wildman–Crippen MR) is 85.1 cm³/mol. The van der Waals surface area contributed by atoms with Crippen molar-refractivity contribution in [2.24, 2.45) is 11.3 Å². The average Bonchev–Trinajstić information content (AvgIpc) is 2.43. The highest BCUT2D eigenvalue weighted by Gasteiger charge is 2.52. The maximum absolute atomic E-state index is 12.1. The molecule has 130 valence electrons. The number of ether oxygens (including phenoxy) is 1. The van der Waals surface area contributed by atoms with Gasteiger partial charge < -0.3 is 10.1 Å². The van der Waals surface area contributed by atoms with E-state index in [1.165, 1.54) is 0 Å². The van der Waals surface area contributed by atoms with Crippen molar-refractivity contribution in [3.8, 4) is 0 Å². The minimum Gasteiger partial charge on any atom is -0.444 e. The number of hydrogen-bond donors (Lipinski definition) is 1. The highest BCUT2D eigenvalue weighted by Crippen LogP contribution is 2.50. The molecular formula is C15H29NO5S. The average molecular weight is 335 g/mol. The first-order chi connectivity index (χ1) is 9.66. The van der Waals surface area contributed by atoms with E-state index >= 15 is 0 Å². The summed E-state index contributed by atoms with van der Waals surface area (Å²) in [5.74, 6) is 0.0437. The Bertz CT molecular complexity index is 521. The zero-order chi connectivity index (χ0) is 17.4. The van der Waals surface area contributed by atoms with Crippen LogP contribution in [0.3, 0.4) is 0 Å². The van der Waals surface area contributed by atoms with E-state index in [9.17, 15) is 13.2 Å². The first-order valence-electron chi connectivity index (χ1n) is 7.52. The van der Waals surface area contributed by atoms with E-state index in [4.69, 9.17) is 8.92 Å². The highest BCUT2D eigenvalue weighted by molar-refractivity contribution is 7.85. The van der Waals surface area contributed by atoms with E-state index in [0.29, 0.717) is 0 Å². The third-order valence-electron chi connectivity index (χ3n) is 4.70. The number of nitrogens with one attached hydrogen (secondary N) is 1. The van der Waals surface area contributed by atoms with Crippen LogP contribution in [0.4, 0.5) is 4.79 Å². The Kier molecular flexibility index (Phi) is 5.24. The standard InChI is InChI=1S/C15H29NO5S/c1-13(2,3)21-12(17)16-15(6)9-8-11(14(15,4)5)10-20-22(7,18)19/h11H,8-10H2,1-7H3,(H,16,17)/t11-,15-/m0/s1. The molecule has 0 aliphatic heterocycles. The molecule has 1 N–H and O–H groups in total. The molecule has 0 aromatic rings. The molecule has 0 saturated heterocycles. The Morgan fingerprint density at radius 3 is 2.27 bits per heavy atom. The summed E-state index contributed by atoms with van der Waals surface area (Å²) in [5, 5.41) is 2.96. The molecule has 0 bridgehead atoms. The zero-order valence-corrected chi connectivity index (χ0v) is 15.5. The smallest absolute Gasteiger partial charge is 0.408 e. The summed E-state index contributed by atoms with van der Waals surface area (Å²) < 4.78 is 32.7. The van der Waals surface area contributed by atoms with Crippen LogP contribution in [0.2, 0.25) is 0 Å². The fraction of sp³-hybridized carbons (Fsp3) is 0.933. The molecule has 0 spiro atoms. The van der Waals surface area contributed by atoms with Crippen molar-refractivity contribution in [2.45, 2.75) is 65.5 Å². The van der Waals surface area contributed by atoms with Gasteiger partial charge in [0.05, 0.1) is 12.9 Å². The van der Waals surface area contributed by atoms with Gasteiger partial charge in [-0.1, -0.05) is 13.8 Å². The molecule has 6 nitrogen and oxygen atoms in total. The lowest BCUT2D eigenvalue weighted by atomic mass is 9.71. The van der Waals surface area contributed by atoms with E-state index in [-0.39, 0.29) is 17.9 Å². The molecule has 1 saturated carbocycles. The van der Waals surface area contributed by atoms with Gasteiger partial charge in [0.1, 0.15) is 5.60 Å². The van der Waals surface area contributed by atoms with Crippen LogP contribution >= 0.6 is 0 Å². The van der Waals surface area contributed by atoms with Gasteiger partial charge in [-0.15, -0.1) is 0 Å². The SMILES string of the molecule is CC(C)(C)OC(=O)N[C@@]1(C)CC[C@@H](COS(C)(=O)=O)C1(C)C. The lowest BCUT2D eigenvalue weighted by molar-refractivity contribution is 0.0320. The molecule has 0 unspecified atom stereocenters. The summed E-state index contributed by atoms with van der Waals surface area (Å²) in [6.07, 6.45) is 2.13. The molecule has 0 radical (unpaired) electrons. The minimum atomic E-state index is -3.46. The van der Waals surface area contributed by atoms with Gasteiger partial charge in [-0.3, -0.25) is 4.18 Å². The van der Waals surface area contributed by atoms with Crippen LogP contribution < -0.4 is 5.32 Å². The van der Waals surface area contributed by atoms with Crippen molar-refractivity contribution >= 4 is 16.2 Å². The quantitative estimate of drug-likeness (QED) is 0.799. The van der Waals surface area contributed by atoms with Crippen LogP contribution in [0, 0.1) is 11.3 Å². The van der Waals surface area contributed by atoms with Crippen LogP contribution in [0.25, 0.3) is 0 Å². The Labute approximate surface area is 134 Å². The molecule has 1 amide bonds. The van der Waals surface area contributed by atoms with Gasteiger partial charge in [0, 0.05) is 5.54 Å².